The molecule has 0 aliphatic carbocycles. The summed E-state index contributed by atoms with van der Waals surface area (Å²) in [6.07, 6.45) is 2.36. The van der Waals surface area contributed by atoms with Crippen LogP contribution in [0.5, 0.6) is 0 Å². The summed E-state index contributed by atoms with van der Waals surface area (Å²) in [5.74, 6) is -0.0887. The van der Waals surface area contributed by atoms with Crippen LogP contribution in [0.2, 0.25) is 10.0 Å². The van der Waals surface area contributed by atoms with E-state index in [0.717, 1.165) is 23.3 Å². The van der Waals surface area contributed by atoms with E-state index in [0.29, 0.717) is 33.8 Å². The Morgan fingerprint density at radius 2 is 2.03 bits per heavy atom. The zero-order valence-corrected chi connectivity index (χ0v) is 19.1. The van der Waals surface area contributed by atoms with Gasteiger partial charge in [-0.25, -0.2) is 4.98 Å². The third-order valence-electron chi connectivity index (χ3n) is 4.95. The van der Waals surface area contributed by atoms with Crippen LogP contribution in [0.3, 0.4) is 0 Å². The van der Waals surface area contributed by atoms with Gasteiger partial charge in [-0.3, -0.25) is 9.59 Å². The van der Waals surface area contributed by atoms with Crippen LogP contribution in [0.4, 0.5) is 5.13 Å². The van der Waals surface area contributed by atoms with Crippen molar-refractivity contribution in [2.24, 2.45) is 0 Å². The van der Waals surface area contributed by atoms with Crippen LogP contribution in [0.15, 0.2) is 41.1 Å². The van der Waals surface area contributed by atoms with E-state index in [-0.39, 0.29) is 24.3 Å². The fraction of sp³-hybridized carbons (Fsp3) is 0.286. The minimum atomic E-state index is -0.107. The summed E-state index contributed by atoms with van der Waals surface area (Å²) in [5, 5.41) is 8.10. The molecule has 1 fully saturated rings. The normalized spacial score (nSPS) is 16.1. The van der Waals surface area contributed by atoms with E-state index in [1.807, 2.05) is 39.9 Å². The largest absolute Gasteiger partial charge is 0.335 e. The molecule has 1 aliphatic rings. The summed E-state index contributed by atoms with van der Waals surface area (Å²) in [6.45, 7) is 0.707. The number of rotatable bonds is 6. The molecule has 9 heteroatoms. The number of thiazole rings is 1. The maximum absolute atomic E-state index is 12.9. The van der Waals surface area contributed by atoms with Gasteiger partial charge in [0.05, 0.1) is 34.6 Å². The molecule has 2 amide bonds. The predicted molar refractivity (Wildman–Crippen MR) is 123 cm³/mol. The van der Waals surface area contributed by atoms with Crippen LogP contribution in [0.1, 0.15) is 35.0 Å². The number of nitrogens with one attached hydrogen (secondary N) is 1. The molecule has 1 aromatic carbocycles. The van der Waals surface area contributed by atoms with Crippen molar-refractivity contribution in [3.63, 3.8) is 0 Å². The molecular weight excluding hydrogens is 461 g/mol. The molecule has 5 nitrogen and oxygen atoms in total. The molecule has 3 aromatic rings. The number of benzene rings is 1. The first kappa shape index (κ1) is 21.3. The summed E-state index contributed by atoms with van der Waals surface area (Å²) < 4.78 is 0. The minimum absolute atomic E-state index is 0.00382. The highest BCUT2D eigenvalue weighted by atomic mass is 35.5. The Labute approximate surface area is 192 Å². The summed E-state index contributed by atoms with van der Waals surface area (Å²) in [4.78, 5) is 32.4. The molecule has 1 aliphatic heterocycles. The lowest BCUT2D eigenvalue weighted by atomic mass is 10.0. The van der Waals surface area contributed by atoms with Crippen molar-refractivity contribution in [3.8, 4) is 0 Å². The van der Waals surface area contributed by atoms with Crippen LogP contribution >= 0.6 is 45.9 Å². The Hall–Kier alpha value is -1.93. The number of thiophene rings is 1. The molecule has 2 aromatic heterocycles. The highest BCUT2D eigenvalue weighted by Gasteiger charge is 2.30. The number of aromatic nitrogens is 1. The first-order valence-corrected chi connectivity index (χ1v) is 12.0. The van der Waals surface area contributed by atoms with E-state index in [1.165, 1.54) is 11.3 Å². The zero-order chi connectivity index (χ0) is 21.1. The van der Waals surface area contributed by atoms with Crippen molar-refractivity contribution in [3.05, 3.63) is 67.3 Å². The van der Waals surface area contributed by atoms with E-state index < -0.39 is 0 Å². The molecule has 30 heavy (non-hydrogen) atoms. The molecule has 1 N–H and O–H groups in total. The van der Waals surface area contributed by atoms with Crippen LogP contribution in [0, 0.1) is 0 Å². The molecule has 3 heterocycles. The third kappa shape index (κ3) is 5.03. The van der Waals surface area contributed by atoms with Gasteiger partial charge in [-0.15, -0.1) is 22.7 Å². The third-order valence-corrected chi connectivity index (χ3v) is 7.37. The summed E-state index contributed by atoms with van der Waals surface area (Å²) in [6, 6.07) is 9.38. The number of halogens is 2. The van der Waals surface area contributed by atoms with E-state index >= 15 is 0 Å². The van der Waals surface area contributed by atoms with Crippen LogP contribution < -0.4 is 5.32 Å². The van der Waals surface area contributed by atoms with Gasteiger partial charge in [0.2, 0.25) is 11.8 Å². The number of hydrogen-bond donors (Lipinski definition) is 1. The fourth-order valence-corrected chi connectivity index (χ4v) is 5.30. The monoisotopic (exact) mass is 479 g/mol. The zero-order valence-electron chi connectivity index (χ0n) is 15.9. The minimum Gasteiger partial charge on any atom is -0.335 e. The Bertz CT molecular complexity index is 1050. The average Bonchev–Trinajstić information content (AvgIpc) is 3.46. The Kier molecular flexibility index (Phi) is 6.73. The number of amides is 2. The van der Waals surface area contributed by atoms with Crippen molar-refractivity contribution < 1.29 is 9.59 Å². The summed E-state index contributed by atoms with van der Waals surface area (Å²) in [7, 11) is 0. The van der Waals surface area contributed by atoms with Gasteiger partial charge in [0, 0.05) is 16.8 Å². The Morgan fingerprint density at radius 1 is 1.17 bits per heavy atom. The lowest BCUT2D eigenvalue weighted by molar-refractivity contribution is -0.131. The SMILES string of the molecule is O=C(Cc1cccs1)Nc1nc(CC(=O)N2CCCC2c2ccc(Cl)c(Cl)c2)cs1. The second-order valence-corrected chi connectivity index (χ2v) is 9.75. The lowest BCUT2D eigenvalue weighted by Gasteiger charge is -2.25. The first-order valence-electron chi connectivity index (χ1n) is 9.50. The smallest absolute Gasteiger partial charge is 0.231 e. The standard InChI is InChI=1S/C21H19Cl2N3O2S2/c22-16-6-5-13(9-17(16)23)18-4-1-7-26(18)20(28)10-14-12-30-21(24-14)25-19(27)11-15-3-2-8-29-15/h2-3,5-6,8-9,12,18H,1,4,7,10-11H2,(H,24,25,27). The average molecular weight is 480 g/mol. The molecule has 0 saturated carbocycles. The van der Waals surface area contributed by atoms with E-state index in [1.54, 1.807) is 17.4 Å². The Morgan fingerprint density at radius 3 is 2.80 bits per heavy atom. The number of nitrogens with zero attached hydrogens (tertiary/aromatic N) is 2. The number of carbonyl (C=O) groups excluding carboxylic acids is 2. The fourth-order valence-electron chi connectivity index (χ4n) is 3.57. The van der Waals surface area contributed by atoms with Gasteiger partial charge in [0.15, 0.2) is 5.13 Å². The second-order valence-electron chi connectivity index (χ2n) is 7.04. The van der Waals surface area contributed by atoms with E-state index in [4.69, 9.17) is 23.2 Å². The van der Waals surface area contributed by atoms with Gasteiger partial charge >= 0.3 is 0 Å². The van der Waals surface area contributed by atoms with Crippen molar-refractivity contribution in [2.45, 2.75) is 31.7 Å². The Balaban J connectivity index is 1.37. The predicted octanol–water partition coefficient (Wildman–Crippen LogP) is 5.60. The van der Waals surface area contributed by atoms with Crippen LogP contribution in [0.25, 0.3) is 0 Å². The van der Waals surface area contributed by atoms with Gasteiger partial charge in [0.1, 0.15) is 0 Å². The molecule has 1 atom stereocenters. The van der Waals surface area contributed by atoms with Crippen molar-refractivity contribution in [1.82, 2.24) is 9.88 Å². The second kappa shape index (κ2) is 9.47. The summed E-state index contributed by atoms with van der Waals surface area (Å²) >= 11 is 15.1. The van der Waals surface area contributed by atoms with Crippen molar-refractivity contribution in [2.75, 3.05) is 11.9 Å². The molecule has 0 bridgehead atoms. The molecule has 4 rings (SSSR count). The highest BCUT2D eigenvalue weighted by Crippen LogP contribution is 2.35. The maximum Gasteiger partial charge on any atom is 0.231 e. The van der Waals surface area contributed by atoms with Gasteiger partial charge in [-0.1, -0.05) is 35.3 Å². The molecule has 156 valence electrons. The van der Waals surface area contributed by atoms with E-state index in [2.05, 4.69) is 10.3 Å². The molecular formula is C21H19Cl2N3O2S2. The van der Waals surface area contributed by atoms with E-state index in [9.17, 15) is 9.59 Å². The molecule has 0 spiro atoms. The van der Waals surface area contributed by atoms with Crippen molar-refractivity contribution >= 4 is 62.8 Å². The van der Waals surface area contributed by atoms with Crippen LogP contribution in [-0.4, -0.2) is 28.2 Å². The quantitative estimate of drug-likeness (QED) is 0.500. The first-order chi connectivity index (χ1) is 14.5. The van der Waals surface area contributed by atoms with Gasteiger partial charge in [-0.2, -0.15) is 0 Å². The lowest BCUT2D eigenvalue weighted by Crippen LogP contribution is -2.32. The van der Waals surface area contributed by atoms with Crippen LogP contribution in [-0.2, 0) is 22.4 Å². The van der Waals surface area contributed by atoms with Gasteiger partial charge in [-0.05, 0) is 42.0 Å². The maximum atomic E-state index is 12.9. The highest BCUT2D eigenvalue weighted by molar-refractivity contribution is 7.14. The topological polar surface area (TPSA) is 62.3 Å². The molecule has 1 saturated heterocycles. The van der Waals surface area contributed by atoms with Crippen molar-refractivity contribution in [1.29, 1.82) is 0 Å². The molecule has 0 radical (unpaired) electrons. The number of likely N-dealkylation sites (tertiary alicyclic amines) is 1. The van der Waals surface area contributed by atoms with Gasteiger partial charge in [0.25, 0.3) is 0 Å². The molecule has 1 unspecified atom stereocenters. The van der Waals surface area contributed by atoms with Gasteiger partial charge < -0.3 is 10.2 Å². The number of hydrogen-bond acceptors (Lipinski definition) is 5. The summed E-state index contributed by atoms with van der Waals surface area (Å²) in [5.41, 5.74) is 1.66. The number of anilines is 1. The number of carbonyl (C=O) groups is 2.